The summed E-state index contributed by atoms with van der Waals surface area (Å²) < 4.78 is 3.51. The van der Waals surface area contributed by atoms with Crippen LogP contribution in [0.15, 0.2) is 61.1 Å². The largest absolute Gasteiger partial charge is 0.508 e. The Morgan fingerprint density at radius 1 is 0.962 bits per heavy atom. The van der Waals surface area contributed by atoms with Gasteiger partial charge in [-0.3, -0.25) is 4.40 Å². The molecule has 0 amide bonds. The fourth-order valence-electron chi connectivity index (χ4n) is 2.93. The van der Waals surface area contributed by atoms with E-state index in [1.165, 1.54) is 0 Å². The highest BCUT2D eigenvalue weighted by Gasteiger charge is 2.15. The summed E-state index contributed by atoms with van der Waals surface area (Å²) in [5, 5.41) is 24.1. The molecule has 0 aliphatic rings. The van der Waals surface area contributed by atoms with Gasteiger partial charge in [-0.05, 0) is 36.4 Å². The molecule has 0 unspecified atom stereocenters. The third-order valence-corrected chi connectivity index (χ3v) is 4.40. The van der Waals surface area contributed by atoms with Crippen molar-refractivity contribution in [3.63, 3.8) is 0 Å². The lowest BCUT2D eigenvalue weighted by molar-refractivity contribution is 0.475. The number of aromatic nitrogens is 6. The number of nitrogens with zero attached hydrogens (tertiary/aromatic N) is 6. The first kappa shape index (κ1) is 14.9. The fourth-order valence-corrected chi connectivity index (χ4v) is 3.06. The Bertz CT molecular complexity index is 1260. The third-order valence-electron chi connectivity index (χ3n) is 4.15. The summed E-state index contributed by atoms with van der Waals surface area (Å²) >= 11 is 5.96. The number of halogens is 1. The highest BCUT2D eigenvalue weighted by molar-refractivity contribution is 6.30. The lowest BCUT2D eigenvalue weighted by Gasteiger charge is -2.04. The van der Waals surface area contributed by atoms with Crippen molar-refractivity contribution in [2.24, 2.45) is 0 Å². The van der Waals surface area contributed by atoms with Gasteiger partial charge in [0, 0.05) is 10.6 Å². The molecular formula is C18H11ClN6O. The van der Waals surface area contributed by atoms with Gasteiger partial charge in [0.15, 0.2) is 17.1 Å². The quantitative estimate of drug-likeness (QED) is 0.520. The Labute approximate surface area is 152 Å². The van der Waals surface area contributed by atoms with Gasteiger partial charge in [-0.15, -0.1) is 10.2 Å². The van der Waals surface area contributed by atoms with E-state index in [2.05, 4.69) is 20.3 Å². The van der Waals surface area contributed by atoms with Gasteiger partial charge in [-0.25, -0.2) is 9.67 Å². The van der Waals surface area contributed by atoms with Gasteiger partial charge in [-0.1, -0.05) is 23.7 Å². The van der Waals surface area contributed by atoms with E-state index in [4.69, 9.17) is 11.6 Å². The van der Waals surface area contributed by atoms with Crippen molar-refractivity contribution in [2.75, 3.05) is 0 Å². The molecule has 0 bridgehead atoms. The Morgan fingerprint density at radius 3 is 2.62 bits per heavy atom. The molecule has 2 aromatic carbocycles. The van der Waals surface area contributed by atoms with Crippen LogP contribution in [-0.2, 0) is 0 Å². The molecule has 3 heterocycles. The van der Waals surface area contributed by atoms with E-state index in [1.54, 1.807) is 51.9 Å². The molecule has 126 valence electrons. The molecule has 0 aliphatic carbocycles. The van der Waals surface area contributed by atoms with Gasteiger partial charge in [0.25, 0.3) is 0 Å². The minimum atomic E-state index is 0.170. The van der Waals surface area contributed by atoms with Crippen LogP contribution in [0.4, 0.5) is 0 Å². The van der Waals surface area contributed by atoms with Crippen LogP contribution in [-0.4, -0.2) is 34.5 Å². The van der Waals surface area contributed by atoms with Crippen LogP contribution >= 0.6 is 11.6 Å². The summed E-state index contributed by atoms with van der Waals surface area (Å²) in [6, 6.07) is 14.2. The van der Waals surface area contributed by atoms with Crippen molar-refractivity contribution in [1.29, 1.82) is 0 Å². The monoisotopic (exact) mass is 362 g/mol. The maximum Gasteiger partial charge on any atom is 0.175 e. The smallest absolute Gasteiger partial charge is 0.175 e. The molecule has 0 radical (unpaired) electrons. The van der Waals surface area contributed by atoms with Gasteiger partial charge >= 0.3 is 0 Å². The minimum absolute atomic E-state index is 0.170. The molecule has 0 saturated carbocycles. The SMILES string of the molecule is Oc1cccc(-c2nnc3c4cnn(-c5ccc(Cl)cc5)c4ncn23)c1. The van der Waals surface area contributed by atoms with Gasteiger partial charge in [-0.2, -0.15) is 5.10 Å². The lowest BCUT2D eigenvalue weighted by Crippen LogP contribution is -1.98. The van der Waals surface area contributed by atoms with E-state index in [0.717, 1.165) is 16.6 Å². The molecule has 8 heteroatoms. The van der Waals surface area contributed by atoms with Gasteiger partial charge in [0.05, 0.1) is 17.3 Å². The van der Waals surface area contributed by atoms with Crippen molar-refractivity contribution in [3.8, 4) is 22.8 Å². The summed E-state index contributed by atoms with van der Waals surface area (Å²) in [4.78, 5) is 4.54. The van der Waals surface area contributed by atoms with Crippen molar-refractivity contribution >= 4 is 28.3 Å². The summed E-state index contributed by atoms with van der Waals surface area (Å²) in [6.07, 6.45) is 3.37. The molecule has 5 aromatic rings. The number of phenols is 1. The molecule has 26 heavy (non-hydrogen) atoms. The van der Waals surface area contributed by atoms with Crippen molar-refractivity contribution < 1.29 is 5.11 Å². The second-order valence-electron chi connectivity index (χ2n) is 5.78. The zero-order valence-corrected chi connectivity index (χ0v) is 14.0. The molecule has 0 saturated heterocycles. The Morgan fingerprint density at radius 2 is 1.81 bits per heavy atom. The number of benzene rings is 2. The Hall–Kier alpha value is -3.45. The van der Waals surface area contributed by atoms with Gasteiger partial charge in [0.1, 0.15) is 12.1 Å². The Kier molecular flexibility index (Phi) is 3.16. The zero-order chi connectivity index (χ0) is 17.7. The number of hydrogen-bond donors (Lipinski definition) is 1. The van der Waals surface area contributed by atoms with Crippen LogP contribution in [0.25, 0.3) is 33.8 Å². The van der Waals surface area contributed by atoms with E-state index in [0.29, 0.717) is 22.1 Å². The van der Waals surface area contributed by atoms with E-state index in [-0.39, 0.29) is 5.75 Å². The predicted octanol–water partition coefficient (Wildman–Crippen LogP) is 3.49. The number of hydrogen-bond acceptors (Lipinski definition) is 5. The average Bonchev–Trinajstić information content (AvgIpc) is 3.26. The third kappa shape index (κ3) is 2.21. The molecule has 0 fully saturated rings. The van der Waals surface area contributed by atoms with E-state index < -0.39 is 0 Å². The van der Waals surface area contributed by atoms with Crippen LogP contribution in [0.3, 0.4) is 0 Å². The van der Waals surface area contributed by atoms with Crippen LogP contribution in [0.1, 0.15) is 0 Å². The maximum absolute atomic E-state index is 9.71. The molecule has 0 atom stereocenters. The molecule has 0 aliphatic heterocycles. The van der Waals surface area contributed by atoms with E-state index in [9.17, 15) is 5.11 Å². The fraction of sp³-hybridized carbons (Fsp3) is 0. The highest BCUT2D eigenvalue weighted by Crippen LogP contribution is 2.26. The van der Waals surface area contributed by atoms with Crippen LogP contribution in [0.2, 0.25) is 5.02 Å². The standard InChI is InChI=1S/C18H11ClN6O/c19-12-4-6-13(7-5-12)25-17-15(9-21-25)18-23-22-16(24(18)10-20-17)11-2-1-3-14(26)8-11/h1-10,26H. The second kappa shape index (κ2) is 5.53. The van der Waals surface area contributed by atoms with Crippen molar-refractivity contribution in [3.05, 3.63) is 66.1 Å². The maximum atomic E-state index is 9.71. The first-order chi connectivity index (χ1) is 12.7. The molecule has 3 aromatic heterocycles. The van der Waals surface area contributed by atoms with Crippen LogP contribution in [0, 0.1) is 0 Å². The summed E-state index contributed by atoms with van der Waals surface area (Å²) in [5.41, 5.74) is 2.93. The number of aromatic hydroxyl groups is 1. The van der Waals surface area contributed by atoms with Crippen LogP contribution < -0.4 is 0 Å². The first-order valence-corrected chi connectivity index (χ1v) is 8.21. The normalized spacial score (nSPS) is 11.4. The van der Waals surface area contributed by atoms with Gasteiger partial charge < -0.3 is 5.11 Å². The van der Waals surface area contributed by atoms with Crippen molar-refractivity contribution in [1.82, 2.24) is 29.4 Å². The predicted molar refractivity (Wildman–Crippen MR) is 97.5 cm³/mol. The molecule has 1 N–H and O–H groups in total. The summed E-state index contributed by atoms with van der Waals surface area (Å²) in [5.74, 6) is 0.772. The zero-order valence-electron chi connectivity index (χ0n) is 13.3. The van der Waals surface area contributed by atoms with Crippen molar-refractivity contribution in [2.45, 2.75) is 0 Å². The van der Waals surface area contributed by atoms with E-state index in [1.807, 2.05) is 18.2 Å². The summed E-state index contributed by atoms with van der Waals surface area (Å²) in [7, 11) is 0. The lowest BCUT2D eigenvalue weighted by atomic mass is 10.2. The highest BCUT2D eigenvalue weighted by atomic mass is 35.5. The number of rotatable bonds is 2. The van der Waals surface area contributed by atoms with E-state index >= 15 is 0 Å². The minimum Gasteiger partial charge on any atom is -0.508 e. The summed E-state index contributed by atoms with van der Waals surface area (Å²) in [6.45, 7) is 0. The second-order valence-corrected chi connectivity index (χ2v) is 6.22. The average molecular weight is 363 g/mol. The Balaban J connectivity index is 1.71. The molecule has 0 spiro atoms. The first-order valence-electron chi connectivity index (χ1n) is 7.83. The molecular weight excluding hydrogens is 352 g/mol. The molecule has 7 nitrogen and oxygen atoms in total. The van der Waals surface area contributed by atoms with Crippen LogP contribution in [0.5, 0.6) is 5.75 Å². The topological polar surface area (TPSA) is 81.1 Å². The number of fused-ring (bicyclic) bond motifs is 3. The number of phenolic OH excluding ortho intramolecular Hbond substituents is 1. The molecule has 5 rings (SSSR count). The van der Waals surface area contributed by atoms with Gasteiger partial charge in [0.2, 0.25) is 0 Å².